The molecule has 0 radical (unpaired) electrons. The van der Waals surface area contributed by atoms with Crippen LogP contribution in [0, 0.1) is 0 Å². The van der Waals surface area contributed by atoms with E-state index in [1.54, 1.807) is 4.90 Å². The van der Waals surface area contributed by atoms with Crippen molar-refractivity contribution in [2.75, 3.05) is 32.7 Å². The molecule has 1 atom stereocenters. The number of tetrazole rings is 1. The molecule has 2 aliphatic heterocycles. The van der Waals surface area contributed by atoms with Gasteiger partial charge >= 0.3 is 0 Å². The normalized spacial score (nSPS) is 27.5. The molecule has 1 unspecified atom stereocenters. The van der Waals surface area contributed by atoms with E-state index in [-0.39, 0.29) is 44.8 Å². The van der Waals surface area contributed by atoms with Crippen LogP contribution in [-0.2, 0) is 11.3 Å². The van der Waals surface area contributed by atoms with Gasteiger partial charge in [-0.2, -0.15) is 0 Å². The van der Waals surface area contributed by atoms with Crippen molar-refractivity contribution in [3.63, 3.8) is 0 Å². The fraction of sp³-hybridized carbons (Fsp3) is 0.857. The molecular weight excluding hydrogens is 322 g/mol. The largest absolute Gasteiger partial charge is 0.387 e. The minimum absolute atomic E-state index is 0.0633. The number of piperidine rings is 1. The highest BCUT2D eigenvalue weighted by atomic mass is 19.3. The lowest BCUT2D eigenvalue weighted by Crippen LogP contribution is -2.49. The summed E-state index contributed by atoms with van der Waals surface area (Å²) in [5.41, 5.74) is -1.02. The maximum atomic E-state index is 13.2. The van der Waals surface area contributed by atoms with Gasteiger partial charge in [0.25, 0.3) is 5.92 Å². The summed E-state index contributed by atoms with van der Waals surface area (Å²) in [6.45, 7) is 2.01. The lowest BCUT2D eigenvalue weighted by atomic mass is 10.00. The number of β-amino-alcohol motifs (C(OH)–C–C–N with tert-alkyl or cyclic N) is 1. The van der Waals surface area contributed by atoms with Crippen molar-refractivity contribution in [3.05, 3.63) is 6.33 Å². The number of alkyl halides is 2. The first kappa shape index (κ1) is 17.2. The molecule has 1 amide bonds. The number of hydrogen-bond donors (Lipinski definition) is 1. The van der Waals surface area contributed by atoms with E-state index in [0.717, 1.165) is 0 Å². The summed E-state index contributed by atoms with van der Waals surface area (Å²) in [7, 11) is 0. The first-order valence-corrected chi connectivity index (χ1v) is 8.16. The molecule has 8 nitrogen and oxygen atoms in total. The number of nitrogens with zero attached hydrogens (tertiary/aromatic N) is 6. The van der Waals surface area contributed by atoms with Gasteiger partial charge in [-0.3, -0.25) is 9.69 Å². The number of halogens is 2. The second-order valence-corrected chi connectivity index (χ2v) is 6.74. The Morgan fingerprint density at radius 1 is 1.21 bits per heavy atom. The maximum absolute atomic E-state index is 13.2. The van der Waals surface area contributed by atoms with Gasteiger partial charge in [-0.15, -0.1) is 5.10 Å². The van der Waals surface area contributed by atoms with Crippen LogP contribution < -0.4 is 0 Å². The van der Waals surface area contributed by atoms with Crippen LogP contribution in [0.4, 0.5) is 8.78 Å². The van der Waals surface area contributed by atoms with Gasteiger partial charge in [-0.25, -0.2) is 13.5 Å². The summed E-state index contributed by atoms with van der Waals surface area (Å²) < 4.78 is 27.9. The Kier molecular flexibility index (Phi) is 4.77. The molecule has 0 saturated carbocycles. The van der Waals surface area contributed by atoms with Crippen LogP contribution >= 0.6 is 0 Å². The number of amides is 1. The van der Waals surface area contributed by atoms with E-state index in [1.165, 1.54) is 11.0 Å². The average molecular weight is 344 g/mol. The second kappa shape index (κ2) is 6.67. The van der Waals surface area contributed by atoms with Crippen LogP contribution in [-0.4, -0.2) is 85.3 Å². The Labute approximate surface area is 138 Å². The fourth-order valence-corrected chi connectivity index (χ4v) is 3.30. The molecular formula is C14H22F2N6O2. The predicted molar refractivity (Wildman–Crippen MR) is 79.2 cm³/mol. The number of rotatable bonds is 5. The molecule has 0 aromatic carbocycles. The minimum atomic E-state index is -2.59. The molecule has 0 bridgehead atoms. The number of aryl methyl sites for hydroxylation is 1. The second-order valence-electron chi connectivity index (χ2n) is 6.74. The third-order valence-electron chi connectivity index (χ3n) is 4.74. The highest BCUT2D eigenvalue weighted by molar-refractivity contribution is 5.76. The molecule has 3 rings (SSSR count). The Morgan fingerprint density at radius 2 is 1.96 bits per heavy atom. The van der Waals surface area contributed by atoms with Gasteiger partial charge in [-0.1, -0.05) is 0 Å². The number of carbonyl (C=O) groups excluding carboxylic acids is 1. The standard InChI is InChI=1S/C14H22F2N6O2/c15-14(16)3-6-20(7-4-14)9-13(24)2-8-21(10-13)12(23)1-5-22-11-17-18-19-22/h11,24H,1-10H2. The van der Waals surface area contributed by atoms with E-state index in [9.17, 15) is 18.7 Å². The van der Waals surface area contributed by atoms with E-state index in [2.05, 4.69) is 15.5 Å². The third kappa shape index (κ3) is 4.23. The Balaban J connectivity index is 1.46. The van der Waals surface area contributed by atoms with Gasteiger partial charge in [0, 0.05) is 45.4 Å². The van der Waals surface area contributed by atoms with E-state index >= 15 is 0 Å². The predicted octanol–water partition coefficient (Wildman–Crippen LogP) is -0.242. The van der Waals surface area contributed by atoms with Gasteiger partial charge < -0.3 is 10.0 Å². The molecule has 2 aliphatic rings. The zero-order chi connectivity index (χ0) is 17.2. The summed E-state index contributed by atoms with van der Waals surface area (Å²) in [4.78, 5) is 15.7. The van der Waals surface area contributed by atoms with Crippen LogP contribution in [0.1, 0.15) is 25.7 Å². The summed E-state index contributed by atoms with van der Waals surface area (Å²) in [6.07, 6.45) is 1.84. The Hall–Kier alpha value is -1.68. The van der Waals surface area contributed by atoms with E-state index in [1.807, 2.05) is 4.90 Å². The third-order valence-corrected chi connectivity index (χ3v) is 4.74. The zero-order valence-electron chi connectivity index (χ0n) is 13.4. The van der Waals surface area contributed by atoms with Gasteiger partial charge in [-0.05, 0) is 16.8 Å². The quantitative estimate of drug-likeness (QED) is 0.793. The van der Waals surface area contributed by atoms with Crippen molar-refractivity contribution in [2.24, 2.45) is 0 Å². The summed E-state index contributed by atoms with van der Waals surface area (Å²) in [6, 6.07) is 0. The molecule has 10 heteroatoms. The summed E-state index contributed by atoms with van der Waals surface area (Å²) in [5, 5.41) is 21.4. The van der Waals surface area contributed by atoms with Crippen molar-refractivity contribution in [1.82, 2.24) is 30.0 Å². The lowest BCUT2D eigenvalue weighted by Gasteiger charge is -2.36. The van der Waals surface area contributed by atoms with Gasteiger partial charge in [0.1, 0.15) is 6.33 Å². The van der Waals surface area contributed by atoms with Crippen LogP contribution in [0.5, 0.6) is 0 Å². The minimum Gasteiger partial charge on any atom is -0.387 e. The topological polar surface area (TPSA) is 87.4 Å². The van der Waals surface area contributed by atoms with Gasteiger partial charge in [0.2, 0.25) is 5.91 Å². The number of carbonyl (C=O) groups is 1. The molecule has 134 valence electrons. The average Bonchev–Trinajstić information content (AvgIpc) is 3.17. The van der Waals surface area contributed by atoms with Gasteiger partial charge in [0.15, 0.2) is 0 Å². The molecule has 2 fully saturated rings. The summed E-state index contributed by atoms with van der Waals surface area (Å²) in [5.74, 6) is -2.65. The number of likely N-dealkylation sites (tertiary alicyclic amines) is 2. The highest BCUT2D eigenvalue weighted by Crippen LogP contribution is 2.30. The molecule has 0 spiro atoms. The number of aliphatic hydroxyl groups is 1. The fourth-order valence-electron chi connectivity index (χ4n) is 3.30. The molecule has 3 heterocycles. The highest BCUT2D eigenvalue weighted by Gasteiger charge is 2.41. The van der Waals surface area contributed by atoms with Crippen molar-refractivity contribution < 1.29 is 18.7 Å². The Morgan fingerprint density at radius 3 is 2.62 bits per heavy atom. The van der Waals surface area contributed by atoms with Crippen LogP contribution in [0.2, 0.25) is 0 Å². The van der Waals surface area contributed by atoms with Crippen molar-refractivity contribution in [1.29, 1.82) is 0 Å². The molecule has 1 aromatic heterocycles. The smallest absolute Gasteiger partial charge is 0.250 e. The molecule has 1 aromatic rings. The van der Waals surface area contributed by atoms with E-state index in [4.69, 9.17) is 0 Å². The SMILES string of the molecule is O=C(CCn1cnnn1)N1CCC(O)(CN2CCC(F)(F)CC2)C1. The lowest BCUT2D eigenvalue weighted by molar-refractivity contribution is -0.131. The van der Waals surface area contributed by atoms with Crippen molar-refractivity contribution in [2.45, 2.75) is 43.8 Å². The first-order chi connectivity index (χ1) is 11.4. The number of hydrogen-bond acceptors (Lipinski definition) is 6. The molecule has 24 heavy (non-hydrogen) atoms. The van der Waals surface area contributed by atoms with Gasteiger partial charge in [0.05, 0.1) is 18.7 Å². The van der Waals surface area contributed by atoms with Crippen molar-refractivity contribution in [3.8, 4) is 0 Å². The molecule has 1 N–H and O–H groups in total. The monoisotopic (exact) mass is 344 g/mol. The van der Waals surface area contributed by atoms with Crippen LogP contribution in [0.15, 0.2) is 6.33 Å². The zero-order valence-corrected chi connectivity index (χ0v) is 13.4. The number of aromatic nitrogens is 4. The molecule has 2 saturated heterocycles. The van der Waals surface area contributed by atoms with E-state index in [0.29, 0.717) is 26.1 Å². The summed E-state index contributed by atoms with van der Waals surface area (Å²) >= 11 is 0. The Bertz CT molecular complexity index is 560. The van der Waals surface area contributed by atoms with E-state index < -0.39 is 11.5 Å². The van der Waals surface area contributed by atoms with Crippen LogP contribution in [0.3, 0.4) is 0 Å². The maximum Gasteiger partial charge on any atom is 0.250 e. The molecule has 0 aliphatic carbocycles. The van der Waals surface area contributed by atoms with Crippen LogP contribution in [0.25, 0.3) is 0 Å². The van der Waals surface area contributed by atoms with Crippen molar-refractivity contribution >= 4 is 5.91 Å². The first-order valence-electron chi connectivity index (χ1n) is 8.16.